The first-order valence-corrected chi connectivity index (χ1v) is 4.20. The fourth-order valence-corrected chi connectivity index (χ4v) is 0.672. The molecule has 0 aromatic carbocycles. The van der Waals surface area contributed by atoms with Crippen LogP contribution in [0.2, 0.25) is 0 Å². The molecule has 2 N–H and O–H groups in total. The zero-order valence-corrected chi connectivity index (χ0v) is 7.99. The molecule has 0 bridgehead atoms. The van der Waals surface area contributed by atoms with Crippen LogP contribution in [0.3, 0.4) is 0 Å². The standard InChI is InChI=1S/C9H16O4/c1-4-7(10)5-8(11)13-9(12)6(2)3/h7-8,10-11H,2,4-5H2,1,3H3. The van der Waals surface area contributed by atoms with Gasteiger partial charge in [-0.3, -0.25) is 0 Å². The molecular weight excluding hydrogens is 172 g/mol. The van der Waals surface area contributed by atoms with Crippen LogP contribution in [0.25, 0.3) is 0 Å². The number of carbonyl (C=O) groups excluding carboxylic acids is 1. The minimum absolute atomic E-state index is 0.0372. The van der Waals surface area contributed by atoms with Gasteiger partial charge in [0.2, 0.25) is 6.29 Å². The SMILES string of the molecule is C=C(C)C(=O)OC(O)CC(O)CC. The number of ether oxygens (including phenoxy) is 1. The highest BCUT2D eigenvalue weighted by atomic mass is 16.6. The van der Waals surface area contributed by atoms with E-state index in [0.717, 1.165) is 0 Å². The van der Waals surface area contributed by atoms with Gasteiger partial charge in [-0.1, -0.05) is 13.5 Å². The lowest BCUT2D eigenvalue weighted by Gasteiger charge is -2.14. The number of hydrogen-bond donors (Lipinski definition) is 2. The van der Waals surface area contributed by atoms with E-state index in [2.05, 4.69) is 11.3 Å². The summed E-state index contributed by atoms with van der Waals surface area (Å²) in [6, 6.07) is 0. The monoisotopic (exact) mass is 188 g/mol. The lowest BCUT2D eigenvalue weighted by molar-refractivity contribution is -0.167. The van der Waals surface area contributed by atoms with Crippen molar-refractivity contribution in [3.8, 4) is 0 Å². The average molecular weight is 188 g/mol. The Morgan fingerprint density at radius 3 is 2.46 bits per heavy atom. The van der Waals surface area contributed by atoms with Gasteiger partial charge in [0, 0.05) is 12.0 Å². The lowest BCUT2D eigenvalue weighted by atomic mass is 10.2. The first-order chi connectivity index (χ1) is 5.97. The van der Waals surface area contributed by atoms with Crippen LogP contribution in [-0.2, 0) is 9.53 Å². The molecular formula is C9H16O4. The highest BCUT2D eigenvalue weighted by molar-refractivity contribution is 5.86. The number of aliphatic hydroxyl groups is 2. The topological polar surface area (TPSA) is 66.8 Å². The van der Waals surface area contributed by atoms with E-state index in [-0.39, 0.29) is 12.0 Å². The summed E-state index contributed by atoms with van der Waals surface area (Å²) < 4.78 is 4.54. The smallest absolute Gasteiger partial charge is 0.335 e. The third kappa shape index (κ3) is 5.38. The Kier molecular flexibility index (Phi) is 5.34. The summed E-state index contributed by atoms with van der Waals surface area (Å²) in [5.41, 5.74) is 0.227. The molecule has 0 aromatic rings. The fraction of sp³-hybridized carbons (Fsp3) is 0.667. The van der Waals surface area contributed by atoms with Gasteiger partial charge in [0.05, 0.1) is 6.10 Å². The van der Waals surface area contributed by atoms with E-state index in [1.54, 1.807) is 6.92 Å². The van der Waals surface area contributed by atoms with Crippen LogP contribution in [0.15, 0.2) is 12.2 Å². The van der Waals surface area contributed by atoms with Crippen LogP contribution < -0.4 is 0 Å². The third-order valence-corrected chi connectivity index (χ3v) is 1.54. The minimum atomic E-state index is -1.25. The van der Waals surface area contributed by atoms with Gasteiger partial charge in [-0.25, -0.2) is 4.79 Å². The molecule has 0 saturated carbocycles. The van der Waals surface area contributed by atoms with E-state index in [1.807, 2.05) is 0 Å². The summed E-state index contributed by atoms with van der Waals surface area (Å²) in [4.78, 5) is 10.9. The van der Waals surface area contributed by atoms with Crippen molar-refractivity contribution in [2.24, 2.45) is 0 Å². The van der Waals surface area contributed by atoms with Crippen LogP contribution in [0.5, 0.6) is 0 Å². The summed E-state index contributed by atoms with van der Waals surface area (Å²) in [5.74, 6) is -0.643. The summed E-state index contributed by atoms with van der Waals surface area (Å²) >= 11 is 0. The molecule has 0 spiro atoms. The van der Waals surface area contributed by atoms with Crippen molar-refractivity contribution in [3.63, 3.8) is 0 Å². The molecule has 0 heterocycles. The molecule has 0 amide bonds. The van der Waals surface area contributed by atoms with Crippen molar-refractivity contribution < 1.29 is 19.7 Å². The highest BCUT2D eigenvalue weighted by Gasteiger charge is 2.14. The second-order valence-electron chi connectivity index (χ2n) is 2.94. The molecule has 13 heavy (non-hydrogen) atoms. The Morgan fingerprint density at radius 1 is 1.54 bits per heavy atom. The molecule has 2 atom stereocenters. The Morgan fingerprint density at radius 2 is 2.08 bits per heavy atom. The highest BCUT2D eigenvalue weighted by Crippen LogP contribution is 2.05. The van der Waals surface area contributed by atoms with E-state index < -0.39 is 18.4 Å². The first kappa shape index (κ1) is 12.1. The van der Waals surface area contributed by atoms with Gasteiger partial charge in [0.25, 0.3) is 0 Å². The molecule has 2 unspecified atom stereocenters. The van der Waals surface area contributed by atoms with E-state index in [1.165, 1.54) is 6.92 Å². The predicted octanol–water partition coefficient (Wildman–Crippen LogP) is 0.585. The Balaban J connectivity index is 3.80. The maximum atomic E-state index is 10.9. The number of carbonyl (C=O) groups is 1. The molecule has 0 saturated heterocycles. The van der Waals surface area contributed by atoms with Crippen LogP contribution in [0, 0.1) is 0 Å². The van der Waals surface area contributed by atoms with Crippen molar-refractivity contribution in [2.75, 3.05) is 0 Å². The quantitative estimate of drug-likeness (QED) is 0.376. The van der Waals surface area contributed by atoms with Gasteiger partial charge in [0.15, 0.2) is 0 Å². The zero-order chi connectivity index (χ0) is 10.4. The number of rotatable bonds is 5. The van der Waals surface area contributed by atoms with Crippen LogP contribution in [0.1, 0.15) is 26.7 Å². The van der Waals surface area contributed by atoms with Gasteiger partial charge in [0.1, 0.15) is 0 Å². The molecule has 0 rings (SSSR count). The molecule has 4 heteroatoms. The number of aliphatic hydroxyl groups excluding tert-OH is 2. The van der Waals surface area contributed by atoms with Crippen molar-refractivity contribution in [3.05, 3.63) is 12.2 Å². The van der Waals surface area contributed by atoms with E-state index in [0.29, 0.717) is 6.42 Å². The largest absolute Gasteiger partial charge is 0.433 e. The van der Waals surface area contributed by atoms with Crippen molar-refractivity contribution >= 4 is 5.97 Å². The second-order valence-corrected chi connectivity index (χ2v) is 2.94. The van der Waals surface area contributed by atoms with Gasteiger partial charge in [-0.15, -0.1) is 0 Å². The summed E-state index contributed by atoms with van der Waals surface area (Å²) in [6.07, 6.45) is -1.34. The van der Waals surface area contributed by atoms with Crippen molar-refractivity contribution in [1.29, 1.82) is 0 Å². The first-order valence-electron chi connectivity index (χ1n) is 4.20. The van der Waals surface area contributed by atoms with Gasteiger partial charge in [-0.2, -0.15) is 0 Å². The molecule has 0 aliphatic carbocycles. The van der Waals surface area contributed by atoms with E-state index in [4.69, 9.17) is 10.2 Å². The van der Waals surface area contributed by atoms with Crippen LogP contribution >= 0.6 is 0 Å². The number of hydrogen-bond acceptors (Lipinski definition) is 4. The lowest BCUT2D eigenvalue weighted by Crippen LogP contribution is -2.23. The maximum Gasteiger partial charge on any atom is 0.335 e. The second kappa shape index (κ2) is 5.72. The summed E-state index contributed by atoms with van der Waals surface area (Å²) in [7, 11) is 0. The molecule has 0 aromatic heterocycles. The summed E-state index contributed by atoms with van der Waals surface area (Å²) in [5, 5.41) is 18.2. The molecule has 76 valence electrons. The Hall–Kier alpha value is -0.870. The molecule has 0 fully saturated rings. The predicted molar refractivity (Wildman–Crippen MR) is 47.8 cm³/mol. The van der Waals surface area contributed by atoms with E-state index in [9.17, 15) is 4.79 Å². The summed E-state index contributed by atoms with van der Waals surface area (Å²) in [6.45, 7) is 6.63. The Labute approximate surface area is 77.8 Å². The minimum Gasteiger partial charge on any atom is -0.433 e. The molecule has 0 radical (unpaired) electrons. The Bertz CT molecular complexity index is 188. The molecule has 0 aliphatic heterocycles. The third-order valence-electron chi connectivity index (χ3n) is 1.54. The van der Waals surface area contributed by atoms with Gasteiger partial charge in [-0.05, 0) is 13.3 Å². The van der Waals surface area contributed by atoms with Crippen molar-refractivity contribution in [2.45, 2.75) is 39.1 Å². The molecule has 4 nitrogen and oxygen atoms in total. The van der Waals surface area contributed by atoms with Crippen LogP contribution in [-0.4, -0.2) is 28.6 Å². The van der Waals surface area contributed by atoms with Crippen LogP contribution in [0.4, 0.5) is 0 Å². The normalized spacial score (nSPS) is 14.8. The zero-order valence-electron chi connectivity index (χ0n) is 7.99. The fourth-order valence-electron chi connectivity index (χ4n) is 0.672. The molecule has 0 aliphatic rings. The van der Waals surface area contributed by atoms with Gasteiger partial charge >= 0.3 is 5.97 Å². The maximum absolute atomic E-state index is 10.9. The number of esters is 1. The average Bonchev–Trinajstić information content (AvgIpc) is 2.03. The van der Waals surface area contributed by atoms with Crippen molar-refractivity contribution in [1.82, 2.24) is 0 Å². The van der Waals surface area contributed by atoms with Gasteiger partial charge < -0.3 is 14.9 Å². The van der Waals surface area contributed by atoms with E-state index >= 15 is 0 Å².